The molecule has 0 spiro atoms. The molecule has 1 aromatic carbocycles. The third-order valence-corrected chi connectivity index (χ3v) is 3.89. The number of hydrogen-bond acceptors (Lipinski definition) is 4. The predicted molar refractivity (Wildman–Crippen MR) is 82.3 cm³/mol. The summed E-state index contributed by atoms with van der Waals surface area (Å²) < 4.78 is 6.62. The summed E-state index contributed by atoms with van der Waals surface area (Å²) in [6.07, 6.45) is 2.62. The molecule has 3 rings (SSSR count). The van der Waals surface area contributed by atoms with Crippen molar-refractivity contribution < 1.29 is 4.74 Å². The first-order valence-corrected chi connectivity index (χ1v) is 7.28. The van der Waals surface area contributed by atoms with Crippen molar-refractivity contribution in [1.82, 2.24) is 9.78 Å². The van der Waals surface area contributed by atoms with E-state index in [0.717, 1.165) is 26.2 Å². The van der Waals surface area contributed by atoms with Crippen LogP contribution in [0.1, 0.15) is 6.42 Å². The summed E-state index contributed by atoms with van der Waals surface area (Å²) in [6.45, 7) is 2.28. The van der Waals surface area contributed by atoms with Gasteiger partial charge in [-0.05, 0) is 18.6 Å². The molecular weight excluding hydrogens is 290 g/mol. The monoisotopic (exact) mass is 305 g/mol. The number of halogens is 1. The second kappa shape index (κ2) is 6.28. The van der Waals surface area contributed by atoms with Gasteiger partial charge in [0, 0.05) is 19.1 Å². The normalized spacial score (nSPS) is 17.9. The fraction of sp³-hybridized carbons (Fsp3) is 0.333. The minimum atomic E-state index is -0.324. The molecule has 5 nitrogen and oxygen atoms in total. The molecule has 0 aliphatic carbocycles. The van der Waals surface area contributed by atoms with E-state index in [1.54, 1.807) is 6.20 Å². The average Bonchev–Trinajstić information content (AvgIpc) is 3.03. The second-order valence-corrected chi connectivity index (χ2v) is 5.41. The summed E-state index contributed by atoms with van der Waals surface area (Å²) in [5.41, 5.74) is 0.941. The Bertz CT molecular complexity index is 666. The number of hydrogen-bond donors (Lipinski definition) is 1. The van der Waals surface area contributed by atoms with E-state index < -0.39 is 0 Å². The zero-order valence-electron chi connectivity index (χ0n) is 11.5. The number of para-hydroxylation sites is 1. The average molecular weight is 306 g/mol. The van der Waals surface area contributed by atoms with Gasteiger partial charge in [-0.1, -0.05) is 29.8 Å². The number of rotatable bonds is 4. The van der Waals surface area contributed by atoms with E-state index in [-0.39, 0.29) is 10.6 Å². The molecule has 21 heavy (non-hydrogen) atoms. The molecule has 110 valence electrons. The highest BCUT2D eigenvalue weighted by molar-refractivity contribution is 6.32. The molecule has 1 N–H and O–H groups in total. The van der Waals surface area contributed by atoms with Crippen LogP contribution >= 0.6 is 11.6 Å². The maximum atomic E-state index is 12.3. The molecule has 0 saturated carbocycles. The molecule has 0 radical (unpaired) electrons. The summed E-state index contributed by atoms with van der Waals surface area (Å²) in [4.78, 5) is 12.3. The van der Waals surface area contributed by atoms with Gasteiger partial charge in [0.05, 0.1) is 24.2 Å². The molecule has 1 aliphatic rings. The van der Waals surface area contributed by atoms with Gasteiger partial charge in [0.15, 0.2) is 0 Å². The lowest BCUT2D eigenvalue weighted by Gasteiger charge is -2.12. The minimum absolute atomic E-state index is 0.160. The van der Waals surface area contributed by atoms with Crippen molar-refractivity contribution in [2.75, 3.05) is 25.1 Å². The topological polar surface area (TPSA) is 56.1 Å². The van der Waals surface area contributed by atoms with Crippen LogP contribution in [0.3, 0.4) is 0 Å². The van der Waals surface area contributed by atoms with Gasteiger partial charge in [-0.3, -0.25) is 4.79 Å². The van der Waals surface area contributed by atoms with Gasteiger partial charge < -0.3 is 10.1 Å². The Morgan fingerprint density at radius 2 is 2.19 bits per heavy atom. The van der Waals surface area contributed by atoms with E-state index in [4.69, 9.17) is 16.3 Å². The molecule has 1 aliphatic heterocycles. The number of anilines is 1. The Hall–Kier alpha value is -1.85. The first kappa shape index (κ1) is 14.1. The molecular formula is C15H16ClN3O2. The van der Waals surface area contributed by atoms with Crippen LogP contribution in [0.5, 0.6) is 0 Å². The molecule has 1 saturated heterocycles. The molecule has 2 heterocycles. The van der Waals surface area contributed by atoms with Gasteiger partial charge in [-0.2, -0.15) is 9.78 Å². The number of ether oxygens (including phenoxy) is 1. The lowest BCUT2D eigenvalue weighted by Crippen LogP contribution is -2.24. The van der Waals surface area contributed by atoms with Crippen LogP contribution < -0.4 is 10.9 Å². The maximum Gasteiger partial charge on any atom is 0.292 e. The van der Waals surface area contributed by atoms with E-state index in [1.807, 2.05) is 30.3 Å². The van der Waals surface area contributed by atoms with Crippen LogP contribution in [-0.4, -0.2) is 29.5 Å². The van der Waals surface area contributed by atoms with Crippen LogP contribution in [0, 0.1) is 5.92 Å². The number of benzene rings is 1. The Morgan fingerprint density at radius 1 is 1.38 bits per heavy atom. The van der Waals surface area contributed by atoms with Crippen molar-refractivity contribution in [3.8, 4) is 5.69 Å². The van der Waals surface area contributed by atoms with Crippen LogP contribution in [0.2, 0.25) is 5.02 Å². The SMILES string of the molecule is O=c1c(Cl)c(NC[C@H]2CCOC2)cnn1-c1ccccc1. The Balaban J connectivity index is 1.81. The van der Waals surface area contributed by atoms with Crippen molar-refractivity contribution in [2.24, 2.45) is 5.92 Å². The van der Waals surface area contributed by atoms with Gasteiger partial charge in [0.25, 0.3) is 5.56 Å². The largest absolute Gasteiger partial charge is 0.382 e. The third-order valence-electron chi connectivity index (χ3n) is 3.52. The van der Waals surface area contributed by atoms with Crippen LogP contribution in [-0.2, 0) is 4.74 Å². The zero-order valence-corrected chi connectivity index (χ0v) is 12.2. The summed E-state index contributed by atoms with van der Waals surface area (Å²) in [6, 6.07) is 9.21. The highest BCUT2D eigenvalue weighted by atomic mass is 35.5. The molecule has 6 heteroatoms. The van der Waals surface area contributed by atoms with Crippen molar-refractivity contribution in [2.45, 2.75) is 6.42 Å². The highest BCUT2D eigenvalue weighted by Gasteiger charge is 2.17. The summed E-state index contributed by atoms with van der Waals surface area (Å²) in [5.74, 6) is 0.456. The zero-order chi connectivity index (χ0) is 14.7. The Kier molecular flexibility index (Phi) is 4.22. The van der Waals surface area contributed by atoms with Crippen molar-refractivity contribution in [3.05, 3.63) is 51.9 Å². The molecule has 2 aromatic rings. The van der Waals surface area contributed by atoms with E-state index in [0.29, 0.717) is 17.3 Å². The lowest BCUT2D eigenvalue weighted by atomic mass is 10.1. The van der Waals surface area contributed by atoms with E-state index in [1.165, 1.54) is 4.68 Å². The highest BCUT2D eigenvalue weighted by Crippen LogP contribution is 2.19. The lowest BCUT2D eigenvalue weighted by molar-refractivity contribution is 0.187. The quantitative estimate of drug-likeness (QED) is 0.942. The summed E-state index contributed by atoms with van der Waals surface area (Å²) >= 11 is 6.17. The number of nitrogens with one attached hydrogen (secondary N) is 1. The third kappa shape index (κ3) is 3.09. The van der Waals surface area contributed by atoms with E-state index in [9.17, 15) is 4.79 Å². The van der Waals surface area contributed by atoms with Crippen LogP contribution in [0.4, 0.5) is 5.69 Å². The van der Waals surface area contributed by atoms with Gasteiger partial charge >= 0.3 is 0 Å². The number of nitrogens with zero attached hydrogens (tertiary/aromatic N) is 2. The predicted octanol–water partition coefficient (Wildman–Crippen LogP) is 2.33. The fourth-order valence-electron chi connectivity index (χ4n) is 2.31. The standard InChI is InChI=1S/C15H16ClN3O2/c16-14-13(17-8-11-6-7-21-10-11)9-18-19(15(14)20)12-4-2-1-3-5-12/h1-5,9,11,17H,6-8,10H2/t11-/m1/s1. The number of aromatic nitrogens is 2. The smallest absolute Gasteiger partial charge is 0.292 e. The molecule has 0 bridgehead atoms. The van der Waals surface area contributed by atoms with Gasteiger partial charge in [-0.25, -0.2) is 0 Å². The first-order valence-electron chi connectivity index (χ1n) is 6.90. The molecule has 0 unspecified atom stereocenters. The molecule has 1 atom stereocenters. The fourth-order valence-corrected chi connectivity index (χ4v) is 2.50. The van der Waals surface area contributed by atoms with Crippen molar-refractivity contribution in [1.29, 1.82) is 0 Å². The van der Waals surface area contributed by atoms with Gasteiger partial charge in [-0.15, -0.1) is 0 Å². The van der Waals surface area contributed by atoms with Crippen LogP contribution in [0.25, 0.3) is 5.69 Å². The molecule has 1 aromatic heterocycles. The van der Waals surface area contributed by atoms with Gasteiger partial charge in [0.1, 0.15) is 5.02 Å². The maximum absolute atomic E-state index is 12.3. The van der Waals surface area contributed by atoms with Crippen molar-refractivity contribution >= 4 is 17.3 Å². The summed E-state index contributed by atoms with van der Waals surface area (Å²) in [7, 11) is 0. The Morgan fingerprint density at radius 3 is 2.90 bits per heavy atom. The van der Waals surface area contributed by atoms with Crippen LogP contribution in [0.15, 0.2) is 41.3 Å². The Labute approximate surface area is 127 Å². The minimum Gasteiger partial charge on any atom is -0.382 e. The molecule has 0 amide bonds. The molecule has 1 fully saturated rings. The second-order valence-electron chi connectivity index (χ2n) is 5.04. The first-order chi connectivity index (χ1) is 10.3. The van der Waals surface area contributed by atoms with Crippen molar-refractivity contribution in [3.63, 3.8) is 0 Å². The van der Waals surface area contributed by atoms with E-state index >= 15 is 0 Å². The van der Waals surface area contributed by atoms with Gasteiger partial charge in [0.2, 0.25) is 0 Å². The van der Waals surface area contributed by atoms with E-state index in [2.05, 4.69) is 10.4 Å². The summed E-state index contributed by atoms with van der Waals surface area (Å²) in [5, 5.41) is 7.53.